The molecular weight excluding hydrogens is 849 g/mol. The molecule has 1 aliphatic rings. The van der Waals surface area contributed by atoms with Gasteiger partial charge < -0.3 is 14.8 Å². The van der Waals surface area contributed by atoms with Crippen molar-refractivity contribution in [2.24, 2.45) is 5.41 Å². The predicted molar refractivity (Wildman–Crippen MR) is 228 cm³/mol. The molecule has 1 aliphatic carbocycles. The van der Waals surface area contributed by atoms with Gasteiger partial charge in [0.2, 0.25) is 0 Å². The monoisotopic (exact) mass is 903 g/mol. The van der Waals surface area contributed by atoms with E-state index in [4.69, 9.17) is 14.0 Å². The van der Waals surface area contributed by atoms with Crippen LogP contribution in [-0.4, -0.2) is 11.2 Å². The fourth-order valence-electron chi connectivity index (χ4n) is 7.06. The van der Waals surface area contributed by atoms with Gasteiger partial charge in [0.1, 0.15) is 5.58 Å². The zero-order valence-corrected chi connectivity index (χ0v) is 33.6. The summed E-state index contributed by atoms with van der Waals surface area (Å²) in [4.78, 5) is 4.21. The molecule has 3 nitrogen and oxygen atoms in total. The number of rotatable bonds is 7. The molecule has 2 heterocycles. The summed E-state index contributed by atoms with van der Waals surface area (Å²) < 4.78 is 60.8. The number of fused-ring (bicyclic) bond motifs is 3. The Bertz CT molecular complexity index is 2720. The molecule has 4 heteroatoms. The molecule has 0 bridgehead atoms. The number of furan rings is 1. The summed E-state index contributed by atoms with van der Waals surface area (Å²) in [5.74, 6) is -0.515. The molecule has 0 aliphatic heterocycles. The molecular formula is C51H47IrN2O. The van der Waals surface area contributed by atoms with E-state index in [1.54, 1.807) is 18.2 Å². The van der Waals surface area contributed by atoms with Crippen LogP contribution in [0.15, 0.2) is 138 Å². The van der Waals surface area contributed by atoms with Gasteiger partial charge >= 0.3 is 20.1 Å². The van der Waals surface area contributed by atoms with Crippen molar-refractivity contribution in [1.82, 2.24) is 4.98 Å². The van der Waals surface area contributed by atoms with Gasteiger partial charge in [-0.1, -0.05) is 136 Å². The Balaban J connectivity index is 0.000000213. The summed E-state index contributed by atoms with van der Waals surface area (Å²) in [6.07, 6.45) is 10.1. The molecule has 7 aromatic rings. The summed E-state index contributed by atoms with van der Waals surface area (Å²) in [5.41, 5.74) is 9.77. The van der Waals surface area contributed by atoms with Crippen LogP contribution in [0, 0.1) is 31.3 Å². The van der Waals surface area contributed by atoms with Crippen molar-refractivity contribution in [2.45, 2.75) is 66.1 Å². The van der Waals surface area contributed by atoms with Crippen LogP contribution in [0.2, 0.25) is 0 Å². The van der Waals surface area contributed by atoms with Gasteiger partial charge in [0.25, 0.3) is 0 Å². The first-order valence-corrected chi connectivity index (χ1v) is 18.3. The minimum atomic E-state index is -2.27. The third kappa shape index (κ3) is 9.22. The molecule has 0 saturated heterocycles. The normalized spacial score (nSPS) is 17.5. The number of aryl methyl sites for hydroxylation is 2. The number of allylic oxidation sites excluding steroid dienone is 4. The van der Waals surface area contributed by atoms with E-state index >= 15 is 0 Å². The second kappa shape index (κ2) is 17.5. The molecule has 55 heavy (non-hydrogen) atoms. The van der Waals surface area contributed by atoms with E-state index < -0.39 is 19.6 Å². The van der Waals surface area contributed by atoms with E-state index in [9.17, 15) is 5.41 Å². The van der Waals surface area contributed by atoms with Crippen LogP contribution in [0.3, 0.4) is 0 Å². The summed E-state index contributed by atoms with van der Waals surface area (Å²) in [6, 6.07) is 42.2. The Labute approximate surface area is 349 Å². The first-order valence-electron chi connectivity index (χ1n) is 21.8. The second-order valence-electron chi connectivity index (χ2n) is 14.6. The maximum atomic E-state index is 9.61. The summed E-state index contributed by atoms with van der Waals surface area (Å²) in [7, 11) is 0. The number of benzene rings is 5. The average Bonchev–Trinajstić information content (AvgIpc) is 3.63. The van der Waals surface area contributed by atoms with Crippen molar-refractivity contribution in [3.8, 4) is 22.4 Å². The molecule has 0 unspecified atom stereocenters. The van der Waals surface area contributed by atoms with Crippen LogP contribution < -0.4 is 0 Å². The van der Waals surface area contributed by atoms with Crippen molar-refractivity contribution in [3.05, 3.63) is 179 Å². The van der Waals surface area contributed by atoms with Crippen molar-refractivity contribution < 1.29 is 34.1 Å². The maximum absolute atomic E-state index is 9.61. The van der Waals surface area contributed by atoms with Crippen molar-refractivity contribution in [2.75, 3.05) is 0 Å². The van der Waals surface area contributed by atoms with Gasteiger partial charge in [-0.2, -0.15) is 6.21 Å². The smallest absolute Gasteiger partial charge is 0.811 e. The minimum Gasteiger partial charge on any atom is -0.811 e. The second-order valence-corrected chi connectivity index (χ2v) is 14.6. The van der Waals surface area contributed by atoms with Gasteiger partial charge in [-0.15, -0.1) is 58.7 Å². The van der Waals surface area contributed by atoms with E-state index in [0.717, 1.165) is 87.2 Å². The third-order valence-corrected chi connectivity index (χ3v) is 10.3. The summed E-state index contributed by atoms with van der Waals surface area (Å²) in [5, 5.41) is 11.8. The predicted octanol–water partition coefficient (Wildman–Crippen LogP) is 14.0. The van der Waals surface area contributed by atoms with Crippen molar-refractivity contribution in [3.63, 3.8) is 0 Å². The Morgan fingerprint density at radius 2 is 1.67 bits per heavy atom. The van der Waals surface area contributed by atoms with Crippen molar-refractivity contribution >= 4 is 39.3 Å². The Hall–Kier alpha value is -5.15. The molecule has 276 valence electrons. The number of para-hydroxylation sites is 1. The van der Waals surface area contributed by atoms with Gasteiger partial charge in [0.05, 0.1) is 0 Å². The van der Waals surface area contributed by atoms with Gasteiger partial charge in [0, 0.05) is 26.8 Å². The molecule has 1 fully saturated rings. The van der Waals surface area contributed by atoms with Crippen LogP contribution in [0.5, 0.6) is 0 Å². The molecule has 0 spiro atoms. The minimum absolute atomic E-state index is 0. The Kier molecular flexibility index (Phi) is 9.92. The van der Waals surface area contributed by atoms with E-state index in [-0.39, 0.29) is 31.2 Å². The quantitative estimate of drug-likeness (QED) is 0.0909. The first-order chi connectivity index (χ1) is 29.0. The molecule has 5 aromatic carbocycles. The van der Waals surface area contributed by atoms with E-state index in [1.165, 1.54) is 18.3 Å². The summed E-state index contributed by atoms with van der Waals surface area (Å²) >= 11 is 0. The zero-order valence-electron chi connectivity index (χ0n) is 38.2. The number of pyridine rings is 1. The van der Waals surface area contributed by atoms with Crippen molar-refractivity contribution in [1.29, 1.82) is 0 Å². The van der Waals surface area contributed by atoms with Crippen LogP contribution in [0.4, 0.5) is 0 Å². The Morgan fingerprint density at radius 1 is 0.909 bits per heavy atom. The molecule has 0 radical (unpaired) electrons. The fourth-order valence-corrected chi connectivity index (χ4v) is 7.06. The Morgan fingerprint density at radius 3 is 2.38 bits per heavy atom. The van der Waals surface area contributed by atoms with E-state index in [1.807, 2.05) is 67.6 Å². The average molecular weight is 903 g/mol. The van der Waals surface area contributed by atoms with Crippen LogP contribution in [0.1, 0.15) is 89.8 Å². The third-order valence-electron chi connectivity index (χ3n) is 10.3. The fraction of sp³-hybridized carbons (Fsp3) is 0.216. The molecule has 1 saturated carbocycles. The van der Waals surface area contributed by atoms with Crippen LogP contribution in [-0.2, 0) is 20.1 Å². The largest absolute Gasteiger partial charge is 3.00 e. The first kappa shape index (κ1) is 31.1. The van der Waals surface area contributed by atoms with Gasteiger partial charge in [0.15, 0.2) is 0 Å². The molecule has 8 rings (SSSR count). The number of hydrogen-bond donors (Lipinski definition) is 0. The summed E-state index contributed by atoms with van der Waals surface area (Å²) in [6.45, 7) is 2.17. The molecule has 0 atom stereocenters. The number of nitrogens with zero attached hydrogens (tertiary/aromatic N) is 2. The standard InChI is InChI=1S/C32H31NO.C19H16N.Ir/c1-22(27-8-6-9-29-28-7-4-5-10-30(28)34-31(27)29)21-26(17-20-33)24-13-11-23(12-14-24)25-15-18-32(2,3)19-16-25;1-14-8-11-19(20-13-14)17-10-9-15(2)18(12-17)16-6-4-3-5-7-16;/h4-7,9-14,17,20-21,25H,15-16,18-19H2,1-3H3;3-9,11-13H,1-2H3;/q-2;-1;+3/b22-21+,26-17+;;/i25D;1D3,2D3;. The van der Waals surface area contributed by atoms with E-state index in [0.29, 0.717) is 22.2 Å². The zero-order chi connectivity index (χ0) is 43.6. The number of hydrogen-bond acceptors (Lipinski definition) is 2. The van der Waals surface area contributed by atoms with Gasteiger partial charge in [-0.3, -0.25) is 0 Å². The SMILES string of the molecule is [2H]C([2H])([2H])c1ccc(-c2[c-]cc(C([2H])([2H])[2H])c(-c3ccccc3)c2)nc1.[2H]C1(c2ccc(C(=C/C=[N-])/C=C(\C)c3[c-]ccc4c3oc3ccccc34)cc2)CCC(C)(C)CC1.[Ir+3]. The van der Waals surface area contributed by atoms with Crippen LogP contribution >= 0.6 is 0 Å². The maximum Gasteiger partial charge on any atom is 3.00 e. The van der Waals surface area contributed by atoms with E-state index in [2.05, 4.69) is 67.4 Å². The van der Waals surface area contributed by atoms with Crippen LogP contribution in [0.25, 0.3) is 60.9 Å². The molecule has 0 N–H and O–H groups in total. The molecule has 2 aromatic heterocycles. The van der Waals surface area contributed by atoms with Gasteiger partial charge in [-0.05, 0) is 83.4 Å². The molecule has 0 amide bonds. The van der Waals surface area contributed by atoms with Gasteiger partial charge in [-0.25, -0.2) is 0 Å². The number of aromatic nitrogens is 1. The topological polar surface area (TPSA) is 48.3 Å².